The molecule has 2 aliphatic heterocycles. The Kier molecular flexibility index (Phi) is 10.7. The van der Waals surface area contributed by atoms with Gasteiger partial charge in [-0.05, 0) is 164 Å². The Balaban J connectivity index is 0.000000152. The number of cyclic esters (lactones) is 2. The molecule has 0 radical (unpaired) electrons. The lowest BCUT2D eigenvalue weighted by atomic mass is 9.79. The third-order valence-electron chi connectivity index (χ3n) is 16.4. The Bertz CT molecular complexity index is 2920. The van der Waals surface area contributed by atoms with Crippen molar-refractivity contribution < 1.29 is 28.5 Å². The number of pyridine rings is 6. The van der Waals surface area contributed by atoms with Crippen LogP contribution in [0.25, 0.3) is 21.5 Å². The van der Waals surface area contributed by atoms with E-state index in [9.17, 15) is 9.59 Å². The van der Waals surface area contributed by atoms with Gasteiger partial charge in [-0.1, -0.05) is 13.8 Å². The van der Waals surface area contributed by atoms with Crippen molar-refractivity contribution in [1.82, 2.24) is 29.9 Å². The van der Waals surface area contributed by atoms with Gasteiger partial charge in [0.2, 0.25) is 11.8 Å². The fraction of sp³-hybridized carbons (Fsp3) is 0.500. The molecule has 0 amide bonds. The summed E-state index contributed by atoms with van der Waals surface area (Å²) in [5.74, 6) is 0.682. The molecule has 0 unspecified atom stereocenters. The molecule has 6 aromatic rings. The maximum atomic E-state index is 12.6. The topological polar surface area (TPSA) is 200 Å². The van der Waals surface area contributed by atoms with Crippen molar-refractivity contribution in [2.24, 2.45) is 11.5 Å². The van der Waals surface area contributed by atoms with Crippen LogP contribution in [0.5, 0.6) is 11.8 Å². The maximum absolute atomic E-state index is 12.6. The van der Waals surface area contributed by atoms with Gasteiger partial charge in [0.25, 0.3) is 0 Å². The number of esters is 2. The van der Waals surface area contributed by atoms with Gasteiger partial charge in [0.1, 0.15) is 23.4 Å². The second kappa shape index (κ2) is 16.2. The first kappa shape index (κ1) is 46.3. The van der Waals surface area contributed by atoms with Crippen LogP contribution in [0.4, 0.5) is 0 Å². The second-order valence-electron chi connectivity index (χ2n) is 22.3. The second-order valence-corrected chi connectivity index (χ2v) is 22.3. The van der Waals surface area contributed by atoms with Crippen LogP contribution in [0.1, 0.15) is 186 Å². The zero-order valence-corrected chi connectivity index (χ0v) is 41.7. The molecule has 14 heteroatoms. The summed E-state index contributed by atoms with van der Waals surface area (Å²) in [6, 6.07) is 11.7. The molecular formula is C56H64N8O6. The zero-order chi connectivity index (χ0) is 49.2. The quantitative estimate of drug-likeness (QED) is 0.110. The lowest BCUT2D eigenvalue weighted by molar-refractivity contribution is -0.0295. The van der Waals surface area contributed by atoms with Crippen LogP contribution < -0.4 is 20.9 Å². The number of carbonyl (C=O) groups is 2. The van der Waals surface area contributed by atoms with Crippen LogP contribution in [-0.4, -0.2) is 65.3 Å². The molecule has 6 aliphatic rings. The normalized spacial score (nSPS) is 21.3. The molecule has 6 aromatic heterocycles. The van der Waals surface area contributed by atoms with E-state index in [0.29, 0.717) is 35.7 Å². The van der Waals surface area contributed by atoms with Gasteiger partial charge in [-0.25, -0.2) is 19.6 Å². The van der Waals surface area contributed by atoms with Gasteiger partial charge in [-0.2, -0.15) is 0 Å². The maximum Gasteiger partial charge on any atom is 0.340 e. The van der Waals surface area contributed by atoms with Gasteiger partial charge < -0.3 is 30.4 Å². The van der Waals surface area contributed by atoms with Crippen molar-refractivity contribution in [3.05, 3.63) is 118 Å². The first-order valence-electron chi connectivity index (χ1n) is 25.2. The van der Waals surface area contributed by atoms with Crippen molar-refractivity contribution in [3.8, 4) is 11.8 Å². The number of nitrogens with two attached hydrogens (primary N) is 2. The van der Waals surface area contributed by atoms with Crippen LogP contribution in [0.15, 0.2) is 61.2 Å². The van der Waals surface area contributed by atoms with Gasteiger partial charge >= 0.3 is 11.9 Å². The number of hydrogen-bond acceptors (Lipinski definition) is 14. The summed E-state index contributed by atoms with van der Waals surface area (Å²) in [7, 11) is 0. The summed E-state index contributed by atoms with van der Waals surface area (Å²) in [6.07, 6.45) is 18.8. The molecule has 4 fully saturated rings. The summed E-state index contributed by atoms with van der Waals surface area (Å²) in [4.78, 5) is 53.9. The standard InChI is InChI=1S/2C28H32N4O3/c2*1-5-27(4,29)22-15-31-24(34-18-7-8-18)21-14-30-17(13-20(21)22)12-16-6-9-19-23(32-16)28(10-11-28)26(2,3)35-25(19)33/h2*6,9,13-15,18H,5,7-8,10-12,29H2,1-4H3/t2*27-/m10/s1. The van der Waals surface area contributed by atoms with Crippen LogP contribution in [-0.2, 0) is 44.2 Å². The van der Waals surface area contributed by atoms with Crippen LogP contribution in [0.2, 0.25) is 0 Å². The first-order chi connectivity index (χ1) is 33.3. The molecule has 4 N–H and O–H groups in total. The first-order valence-corrected chi connectivity index (χ1v) is 25.2. The Labute approximate surface area is 409 Å². The smallest absolute Gasteiger partial charge is 0.340 e. The summed E-state index contributed by atoms with van der Waals surface area (Å²) in [5, 5.41) is 3.83. The van der Waals surface area contributed by atoms with Crippen molar-refractivity contribution in [3.63, 3.8) is 0 Å². The van der Waals surface area contributed by atoms with Gasteiger partial charge in [-0.15, -0.1) is 0 Å². The van der Waals surface area contributed by atoms with E-state index in [-0.39, 0.29) is 35.0 Å². The van der Waals surface area contributed by atoms with Crippen molar-refractivity contribution >= 4 is 33.5 Å². The molecule has 0 bridgehead atoms. The number of hydrogen-bond donors (Lipinski definition) is 2. The third-order valence-corrected chi connectivity index (χ3v) is 16.4. The van der Waals surface area contributed by atoms with E-state index < -0.39 is 22.3 Å². The highest BCUT2D eigenvalue weighted by molar-refractivity contribution is 5.94. The van der Waals surface area contributed by atoms with Gasteiger partial charge in [0.15, 0.2) is 0 Å². The number of fused-ring (bicyclic) bond motifs is 6. The Morgan fingerprint density at radius 1 is 0.571 bits per heavy atom. The molecule has 8 heterocycles. The lowest BCUT2D eigenvalue weighted by Gasteiger charge is -2.39. The molecule has 0 aromatic carbocycles. The molecule has 4 aliphatic carbocycles. The third kappa shape index (κ3) is 7.95. The minimum absolute atomic E-state index is 0.181. The number of rotatable bonds is 12. The van der Waals surface area contributed by atoms with Crippen LogP contribution in [0, 0.1) is 0 Å². The number of carbonyl (C=O) groups excluding carboxylic acids is 2. The van der Waals surface area contributed by atoms with E-state index in [1.807, 2.05) is 90.6 Å². The predicted octanol–water partition coefficient (Wildman–Crippen LogP) is 9.44. The molecule has 364 valence electrons. The van der Waals surface area contributed by atoms with E-state index in [1.165, 1.54) is 0 Å². The monoisotopic (exact) mass is 944 g/mol. The highest BCUT2D eigenvalue weighted by atomic mass is 16.6. The SMILES string of the molecule is CC[C@@](C)(N)c1cnc(OC2CC2)c2cnc(Cc3ccc4c(n3)C3(CC3)C(C)(C)OC4=O)cc12.CC[C@](C)(N)c1cnc(OC2CC2)c2cnc(Cc3ccc4c(n3)C3(CC3)C(C)(C)OC4=O)cc12. The minimum atomic E-state index is -0.546. The average molecular weight is 945 g/mol. The number of aromatic nitrogens is 6. The van der Waals surface area contributed by atoms with Crippen molar-refractivity contribution in [2.45, 2.75) is 178 Å². The minimum Gasteiger partial charge on any atom is -0.474 e. The average Bonchev–Trinajstić information content (AvgIpc) is 4.10. The molecule has 70 heavy (non-hydrogen) atoms. The van der Waals surface area contributed by atoms with Gasteiger partial charge in [0.05, 0.1) is 44.1 Å². The zero-order valence-electron chi connectivity index (χ0n) is 41.7. The predicted molar refractivity (Wildman–Crippen MR) is 265 cm³/mol. The Morgan fingerprint density at radius 2 is 0.957 bits per heavy atom. The fourth-order valence-electron chi connectivity index (χ4n) is 10.6. The molecule has 2 spiro atoms. The lowest BCUT2D eigenvalue weighted by Crippen LogP contribution is -2.46. The highest BCUT2D eigenvalue weighted by Gasteiger charge is 2.64. The molecule has 12 rings (SSSR count). The molecule has 0 saturated heterocycles. The highest BCUT2D eigenvalue weighted by Crippen LogP contribution is 2.60. The molecule has 4 saturated carbocycles. The van der Waals surface area contributed by atoms with E-state index in [1.54, 1.807) is 0 Å². The van der Waals surface area contributed by atoms with E-state index in [2.05, 4.69) is 35.9 Å². The van der Waals surface area contributed by atoms with Gasteiger partial charge in [-0.3, -0.25) is 19.9 Å². The van der Waals surface area contributed by atoms with E-state index in [0.717, 1.165) is 131 Å². The Hall–Kier alpha value is -6.12. The summed E-state index contributed by atoms with van der Waals surface area (Å²) < 4.78 is 23.7. The number of nitrogens with zero attached hydrogens (tertiary/aromatic N) is 6. The summed E-state index contributed by atoms with van der Waals surface area (Å²) in [6.45, 7) is 16.2. The van der Waals surface area contributed by atoms with Gasteiger partial charge in [0, 0.05) is 71.5 Å². The largest absolute Gasteiger partial charge is 0.474 e. The molecule has 2 atom stereocenters. The van der Waals surface area contributed by atoms with Crippen LogP contribution in [0.3, 0.4) is 0 Å². The van der Waals surface area contributed by atoms with Crippen molar-refractivity contribution in [2.75, 3.05) is 0 Å². The summed E-state index contributed by atoms with van der Waals surface area (Å²) >= 11 is 0. The summed E-state index contributed by atoms with van der Waals surface area (Å²) in [5.41, 5.74) is 19.3. The Morgan fingerprint density at radius 3 is 1.30 bits per heavy atom. The van der Waals surface area contributed by atoms with Crippen LogP contribution >= 0.6 is 0 Å². The number of ether oxygens (including phenoxy) is 4. The molecular weight excluding hydrogens is 881 g/mol. The molecule has 14 nitrogen and oxygen atoms in total. The van der Waals surface area contributed by atoms with E-state index >= 15 is 0 Å². The fourth-order valence-corrected chi connectivity index (χ4v) is 10.6. The van der Waals surface area contributed by atoms with Crippen molar-refractivity contribution in [1.29, 1.82) is 0 Å². The van der Waals surface area contributed by atoms with E-state index in [4.69, 9.17) is 50.4 Å².